The number of hydrogen-bond acceptors (Lipinski definition) is 5. The standard InChI is InChI=1S/C19H15N3O4/c23-18-15-6-3-4-12-10-14(22(25)26)11-16(17(12)15)19(24)21(18)9-7-13-5-1-2-8-20-13/h1-6,8,10-11,22,25H,7,9H2. The molecule has 0 radical (unpaired) electrons. The lowest BCUT2D eigenvalue weighted by Crippen LogP contribution is -2.99. The summed E-state index contributed by atoms with van der Waals surface area (Å²) in [6, 6.07) is 13.4. The molecule has 1 unspecified atom stereocenters. The highest BCUT2D eigenvalue weighted by Gasteiger charge is 2.33. The highest BCUT2D eigenvalue weighted by atomic mass is 16.8. The lowest BCUT2D eigenvalue weighted by molar-refractivity contribution is -0.991. The maximum atomic E-state index is 12.9. The highest BCUT2D eigenvalue weighted by molar-refractivity contribution is 6.25. The van der Waals surface area contributed by atoms with Crippen molar-refractivity contribution in [2.45, 2.75) is 6.42 Å². The van der Waals surface area contributed by atoms with Crippen molar-refractivity contribution in [3.63, 3.8) is 0 Å². The minimum atomic E-state index is -1.11. The minimum absolute atomic E-state index is 0.0250. The number of amides is 2. The van der Waals surface area contributed by atoms with Gasteiger partial charge in [0.15, 0.2) is 5.69 Å². The van der Waals surface area contributed by atoms with Gasteiger partial charge in [-0.15, -0.1) is 0 Å². The molecule has 1 aliphatic heterocycles. The topological polar surface area (TPSA) is 98.0 Å². The summed E-state index contributed by atoms with van der Waals surface area (Å²) >= 11 is 0. The number of nitrogens with zero attached hydrogens (tertiary/aromatic N) is 2. The van der Waals surface area contributed by atoms with Crippen LogP contribution in [0.3, 0.4) is 0 Å². The molecule has 2 aromatic carbocycles. The molecule has 4 rings (SSSR count). The lowest BCUT2D eigenvalue weighted by atomic mass is 9.93. The maximum Gasteiger partial charge on any atom is 0.261 e. The second kappa shape index (κ2) is 6.30. The molecule has 7 nitrogen and oxygen atoms in total. The van der Waals surface area contributed by atoms with E-state index in [-0.39, 0.29) is 23.7 Å². The van der Waals surface area contributed by atoms with Crippen LogP contribution < -0.4 is 5.23 Å². The predicted molar refractivity (Wildman–Crippen MR) is 93.0 cm³/mol. The smallest absolute Gasteiger partial charge is 0.261 e. The van der Waals surface area contributed by atoms with Gasteiger partial charge in [-0.25, -0.2) is 5.21 Å². The van der Waals surface area contributed by atoms with Crippen LogP contribution in [0.1, 0.15) is 26.4 Å². The lowest BCUT2D eigenvalue weighted by Gasteiger charge is -2.27. The number of aromatic nitrogens is 1. The van der Waals surface area contributed by atoms with Crippen LogP contribution in [0, 0.1) is 5.21 Å². The third kappa shape index (κ3) is 2.64. The van der Waals surface area contributed by atoms with E-state index < -0.39 is 11.1 Å². The van der Waals surface area contributed by atoms with E-state index in [4.69, 9.17) is 0 Å². The van der Waals surface area contributed by atoms with Crippen LogP contribution in [-0.2, 0) is 6.42 Å². The van der Waals surface area contributed by atoms with Gasteiger partial charge in [-0.1, -0.05) is 18.2 Å². The zero-order valence-electron chi connectivity index (χ0n) is 13.7. The normalized spacial score (nSPS) is 14.8. The summed E-state index contributed by atoms with van der Waals surface area (Å²) in [6.45, 7) is 0.182. The Morgan fingerprint density at radius 3 is 2.58 bits per heavy atom. The molecule has 1 aliphatic rings. The fraction of sp³-hybridized carbons (Fsp3) is 0.105. The summed E-state index contributed by atoms with van der Waals surface area (Å²) in [5.41, 5.74) is 1.46. The van der Waals surface area contributed by atoms with Crippen molar-refractivity contribution in [1.82, 2.24) is 9.88 Å². The van der Waals surface area contributed by atoms with Gasteiger partial charge in [0.2, 0.25) is 0 Å². The largest absolute Gasteiger partial charge is 0.595 e. The molecule has 1 atom stereocenters. The molecule has 0 aliphatic carbocycles. The predicted octanol–water partition coefficient (Wildman–Crippen LogP) is 1.48. The third-order valence-corrected chi connectivity index (χ3v) is 4.49. The Balaban J connectivity index is 1.76. The van der Waals surface area contributed by atoms with Crippen molar-refractivity contribution in [3.8, 4) is 0 Å². The van der Waals surface area contributed by atoms with Crippen molar-refractivity contribution >= 4 is 28.3 Å². The number of pyridine rings is 1. The van der Waals surface area contributed by atoms with Crippen molar-refractivity contribution in [2.75, 3.05) is 6.54 Å². The summed E-state index contributed by atoms with van der Waals surface area (Å²) in [7, 11) is 0. The Labute approximate surface area is 148 Å². The molecule has 1 aromatic heterocycles. The summed E-state index contributed by atoms with van der Waals surface area (Å²) in [5.74, 6) is -0.843. The average molecular weight is 349 g/mol. The first-order chi connectivity index (χ1) is 12.6. The molecule has 0 saturated heterocycles. The van der Waals surface area contributed by atoms with E-state index in [9.17, 15) is 20.0 Å². The Bertz CT molecular complexity index is 1020. The van der Waals surface area contributed by atoms with Gasteiger partial charge in [-0.3, -0.25) is 19.5 Å². The van der Waals surface area contributed by atoms with Crippen molar-refractivity contribution in [3.05, 3.63) is 76.8 Å². The summed E-state index contributed by atoms with van der Waals surface area (Å²) in [4.78, 5) is 31.1. The summed E-state index contributed by atoms with van der Waals surface area (Å²) < 4.78 is 0. The molecule has 0 fully saturated rings. The van der Waals surface area contributed by atoms with E-state index in [1.54, 1.807) is 30.5 Å². The van der Waals surface area contributed by atoms with Crippen LogP contribution in [0.2, 0.25) is 0 Å². The number of nitrogens with one attached hydrogen (secondary N) is 1. The van der Waals surface area contributed by atoms with E-state index in [0.717, 1.165) is 10.6 Å². The fourth-order valence-corrected chi connectivity index (χ4v) is 3.26. The van der Waals surface area contributed by atoms with Crippen LogP contribution in [0.4, 0.5) is 5.69 Å². The molecule has 0 saturated carbocycles. The van der Waals surface area contributed by atoms with E-state index in [0.29, 0.717) is 22.8 Å². The van der Waals surface area contributed by atoms with Crippen molar-refractivity contribution < 1.29 is 20.0 Å². The van der Waals surface area contributed by atoms with Gasteiger partial charge >= 0.3 is 0 Å². The Kier molecular flexibility index (Phi) is 3.96. The number of imide groups is 1. The minimum Gasteiger partial charge on any atom is -0.595 e. The van der Waals surface area contributed by atoms with Crippen LogP contribution in [-0.4, -0.2) is 33.5 Å². The van der Waals surface area contributed by atoms with Gasteiger partial charge in [0.25, 0.3) is 11.8 Å². The van der Waals surface area contributed by atoms with Gasteiger partial charge < -0.3 is 5.21 Å². The number of quaternary nitrogens is 1. The molecular weight excluding hydrogens is 334 g/mol. The average Bonchev–Trinajstić information content (AvgIpc) is 2.66. The molecule has 2 heterocycles. The zero-order valence-corrected chi connectivity index (χ0v) is 13.7. The molecule has 7 heteroatoms. The molecule has 130 valence electrons. The molecular formula is C19H15N3O4. The van der Waals surface area contributed by atoms with Gasteiger partial charge in [-0.05, 0) is 23.6 Å². The number of carbonyl (C=O) groups excluding carboxylic acids is 2. The van der Waals surface area contributed by atoms with E-state index in [2.05, 4.69) is 4.98 Å². The van der Waals surface area contributed by atoms with Gasteiger partial charge in [0.1, 0.15) is 0 Å². The first kappa shape index (κ1) is 16.3. The van der Waals surface area contributed by atoms with Crippen LogP contribution in [0.5, 0.6) is 0 Å². The molecule has 3 aromatic rings. The van der Waals surface area contributed by atoms with E-state index >= 15 is 0 Å². The molecule has 2 N–H and O–H groups in total. The second-order valence-corrected chi connectivity index (χ2v) is 6.07. The van der Waals surface area contributed by atoms with E-state index in [1.165, 1.54) is 12.1 Å². The van der Waals surface area contributed by atoms with E-state index in [1.807, 2.05) is 12.1 Å². The molecule has 0 bridgehead atoms. The van der Waals surface area contributed by atoms with Crippen LogP contribution in [0.25, 0.3) is 10.8 Å². The van der Waals surface area contributed by atoms with Crippen LogP contribution >= 0.6 is 0 Å². The summed E-state index contributed by atoms with van der Waals surface area (Å²) in [5, 5.41) is 20.7. The Morgan fingerprint density at radius 2 is 1.85 bits per heavy atom. The Morgan fingerprint density at radius 1 is 1.04 bits per heavy atom. The van der Waals surface area contributed by atoms with Crippen molar-refractivity contribution in [2.24, 2.45) is 0 Å². The summed E-state index contributed by atoms with van der Waals surface area (Å²) in [6.07, 6.45) is 2.09. The molecule has 26 heavy (non-hydrogen) atoms. The first-order valence-electron chi connectivity index (χ1n) is 8.12. The SMILES string of the molecule is O=C1c2cccc3cc([NH+]([O-])O)cc(c23)C(=O)N1CCc1ccccn1. The third-order valence-electron chi connectivity index (χ3n) is 4.49. The van der Waals surface area contributed by atoms with Crippen molar-refractivity contribution in [1.29, 1.82) is 0 Å². The van der Waals surface area contributed by atoms with Gasteiger partial charge in [0.05, 0.1) is 5.56 Å². The maximum absolute atomic E-state index is 12.9. The van der Waals surface area contributed by atoms with Gasteiger partial charge in [-0.2, -0.15) is 5.23 Å². The van der Waals surface area contributed by atoms with Gasteiger partial charge in [0, 0.05) is 47.9 Å². The quantitative estimate of drug-likeness (QED) is 0.549. The second-order valence-electron chi connectivity index (χ2n) is 6.07. The zero-order chi connectivity index (χ0) is 18.3. The first-order valence-corrected chi connectivity index (χ1v) is 8.12. The monoisotopic (exact) mass is 349 g/mol. The number of carbonyl (C=O) groups is 2. The highest BCUT2D eigenvalue weighted by Crippen LogP contribution is 2.32. The number of hydrogen-bond donors (Lipinski definition) is 2. The van der Waals surface area contributed by atoms with Crippen LogP contribution in [0.15, 0.2) is 54.7 Å². The molecule has 2 amide bonds. The Hall–Kier alpha value is -3.13. The fourth-order valence-electron chi connectivity index (χ4n) is 3.26. The molecule has 0 spiro atoms. The number of benzene rings is 2. The number of rotatable bonds is 4.